The summed E-state index contributed by atoms with van der Waals surface area (Å²) in [4.78, 5) is 14.4. The predicted octanol–water partition coefficient (Wildman–Crippen LogP) is 7.76. The highest BCUT2D eigenvalue weighted by atomic mass is 127. The second-order valence-corrected chi connectivity index (χ2v) is 22.3. The van der Waals surface area contributed by atoms with Crippen molar-refractivity contribution in [2.75, 3.05) is 27.4 Å². The van der Waals surface area contributed by atoms with Crippen molar-refractivity contribution in [1.82, 2.24) is 3.11 Å². The Morgan fingerprint density at radius 1 is 0.941 bits per heavy atom. The van der Waals surface area contributed by atoms with Crippen LogP contribution in [0, 0.1) is 23.7 Å². The fourth-order valence-electron chi connectivity index (χ4n) is 12.3. The van der Waals surface area contributed by atoms with Gasteiger partial charge >= 0.3 is 5.97 Å². The normalized spacial score (nSPS) is 48.4. The molecule has 7 aliphatic heterocycles. The number of fused-ring (bicyclic) bond motifs is 2. The maximum Gasteiger partial charge on any atom is 0.316 e. The van der Waals surface area contributed by atoms with E-state index in [1.165, 1.54) is 5.57 Å². The number of hydrogen-bond acceptors (Lipinski definition) is 14. The van der Waals surface area contributed by atoms with Crippen LogP contribution in [0.15, 0.2) is 70.9 Å². The zero-order valence-electron chi connectivity index (χ0n) is 42.0. The van der Waals surface area contributed by atoms with Crippen LogP contribution in [0.5, 0.6) is 0 Å². The number of nitrogens with zero attached hydrogens (tertiary/aromatic N) is 1. The number of aliphatic hydroxyl groups is 2. The Bertz CT molecular complexity index is 2010. The monoisotopic (exact) mass is 1060 g/mol. The minimum Gasteiger partial charge on any atom is -0.462 e. The third-order valence-electron chi connectivity index (χ3n) is 16.5. The van der Waals surface area contributed by atoms with Crippen LogP contribution in [-0.4, -0.2) is 143 Å². The molecular weight excluding hydrogens is 985 g/mol. The first kappa shape index (κ1) is 52.5. The topological polar surface area (TPSA) is 153 Å². The number of carbonyl (C=O) groups excluding carboxylic acids is 1. The summed E-state index contributed by atoms with van der Waals surface area (Å²) in [6, 6.07) is 0. The Morgan fingerprint density at radius 3 is 2.44 bits per heavy atom. The van der Waals surface area contributed by atoms with Gasteiger partial charge in [0.1, 0.15) is 35.9 Å². The largest absolute Gasteiger partial charge is 0.462 e. The molecule has 2 spiro atoms. The summed E-state index contributed by atoms with van der Waals surface area (Å²) in [7, 11) is 3.48. The first-order chi connectivity index (χ1) is 32.4. The molecule has 0 amide bonds. The van der Waals surface area contributed by atoms with Crippen LogP contribution in [0.25, 0.3) is 0 Å². The molecule has 4 saturated heterocycles. The van der Waals surface area contributed by atoms with Gasteiger partial charge in [-0.3, -0.25) is 4.79 Å². The molecule has 0 saturated carbocycles. The fourth-order valence-corrected chi connectivity index (χ4v) is 13.4. The highest BCUT2D eigenvalue weighted by Crippen LogP contribution is 2.48. The maximum atomic E-state index is 14.4. The lowest BCUT2D eigenvalue weighted by Gasteiger charge is -2.55. The van der Waals surface area contributed by atoms with Gasteiger partial charge in [0.05, 0.1) is 54.9 Å². The minimum atomic E-state index is -1.83. The minimum absolute atomic E-state index is 0.0396. The van der Waals surface area contributed by atoms with Crippen molar-refractivity contribution in [3.05, 3.63) is 70.9 Å². The molecule has 1 aliphatic carbocycles. The molecule has 0 radical (unpaired) electrons. The number of methoxy groups -OCH3 is 2. The molecule has 8 aliphatic rings. The van der Waals surface area contributed by atoms with Crippen LogP contribution in [-0.2, 0) is 52.2 Å². The van der Waals surface area contributed by atoms with Crippen molar-refractivity contribution in [3.8, 4) is 0 Å². The molecule has 14 nitrogen and oxygen atoms in total. The van der Waals surface area contributed by atoms with E-state index in [-0.39, 0.29) is 60.4 Å². The van der Waals surface area contributed by atoms with E-state index >= 15 is 0 Å². The van der Waals surface area contributed by atoms with Gasteiger partial charge in [-0.2, -0.15) is 0 Å². The van der Waals surface area contributed by atoms with Gasteiger partial charge < -0.3 is 57.6 Å². The molecule has 2 N–H and O–H groups in total. The van der Waals surface area contributed by atoms with Gasteiger partial charge in [0, 0.05) is 81.1 Å². The van der Waals surface area contributed by atoms with Gasteiger partial charge in [-0.15, -0.1) is 0 Å². The highest BCUT2D eigenvalue weighted by Gasteiger charge is 2.60. The van der Waals surface area contributed by atoms with Crippen molar-refractivity contribution in [3.63, 3.8) is 0 Å². The number of hydrogen-bond donors (Lipinski definition) is 2. The average molecular weight is 1060 g/mol. The molecule has 0 aromatic heterocycles. The van der Waals surface area contributed by atoms with Crippen LogP contribution in [0.2, 0.25) is 0 Å². The summed E-state index contributed by atoms with van der Waals surface area (Å²) < 4.78 is 68.2. The van der Waals surface area contributed by atoms with E-state index in [2.05, 4.69) is 92.7 Å². The maximum absolute atomic E-state index is 14.4. The number of ether oxygens (including phenoxy) is 10. The summed E-state index contributed by atoms with van der Waals surface area (Å²) in [5, 5.41) is 23.9. The smallest absolute Gasteiger partial charge is 0.316 e. The predicted molar refractivity (Wildman–Crippen MR) is 263 cm³/mol. The number of allylic oxidation sites excluding steroid dienone is 2. The molecule has 4 unspecified atom stereocenters. The summed E-state index contributed by atoms with van der Waals surface area (Å²) in [5.41, 5.74) is 1.20. The summed E-state index contributed by atoms with van der Waals surface area (Å²) in [5.74, 6) is -2.53. The molecule has 20 atom stereocenters. The van der Waals surface area contributed by atoms with E-state index in [4.69, 9.17) is 47.4 Å². The SMILES string of the molecule is CCC(C)[C@H]1O[C@]2(C=C[C@@H]1C)C[C@@H]1C[C@@H](C/C=C(\C)[C@@H](OC3C[C@H](OC)[C@@H](OC4C[C@H](OC)[C@]5(CC(C)=CCN5I)[C@H](C)O4)[C@H](C)O3)C(C)/C=C/C=C3\CO[C@@H]4[C@H](O)C(C)=C[C@@H](C(=O)O1)[C@]34O)O2. The zero-order chi connectivity index (χ0) is 48.9. The summed E-state index contributed by atoms with van der Waals surface area (Å²) in [6.07, 6.45) is 13.7. The Balaban J connectivity index is 1.06. The number of halogens is 1. The molecule has 0 aromatic carbocycles. The molecule has 2 bridgehead atoms. The first-order valence-corrected chi connectivity index (χ1v) is 26.1. The van der Waals surface area contributed by atoms with Crippen molar-refractivity contribution in [1.29, 1.82) is 0 Å². The van der Waals surface area contributed by atoms with Crippen LogP contribution >= 0.6 is 22.9 Å². The van der Waals surface area contributed by atoms with Crippen molar-refractivity contribution >= 4 is 28.8 Å². The lowest BCUT2D eigenvalue weighted by atomic mass is 9.71. The second kappa shape index (κ2) is 21.3. The first-order valence-electron chi connectivity index (χ1n) is 25.1. The highest BCUT2D eigenvalue weighted by molar-refractivity contribution is 14.1. The Kier molecular flexibility index (Phi) is 16.5. The number of esters is 1. The summed E-state index contributed by atoms with van der Waals surface area (Å²) in [6.45, 7) is 19.6. The molecule has 68 heavy (non-hydrogen) atoms. The van der Waals surface area contributed by atoms with Crippen LogP contribution in [0.3, 0.4) is 0 Å². The number of aliphatic hydroxyl groups excluding tert-OH is 1. The standard InChI is InChI=1S/C53H78INO13/c1-12-30(3)47-33(6)18-20-51(68-47)27-39-23-38(67-51)17-16-32(5)46(31(4)14-13-15-37-28-61-49-45(56)34(7)22-40(50(57)64-39)53(37,49)58)65-43-24-41(59-10)48(35(8)62-43)66-44-25-42(60-11)52(36(9)63-44)26-29(2)19-21-55(52)54/h13-16,18-20,22,30-31,33,35-36,38-49,56,58H,12,17,21,23-28H2,1-11H3/b14-13+,32-16+,37-15+/t30?,31?,33-,35-,36-,38+,39-,40-,41-,42-,43?,44?,45+,46-,47+,48-,49+,51+,52-,53+/m0/s1. The van der Waals surface area contributed by atoms with Crippen molar-refractivity contribution in [2.24, 2.45) is 23.7 Å². The third-order valence-corrected chi connectivity index (χ3v) is 17.8. The van der Waals surface area contributed by atoms with Gasteiger partial charge in [0.15, 0.2) is 18.4 Å². The molecule has 15 heteroatoms. The molecule has 4 fully saturated rings. The molecule has 0 aromatic rings. The van der Waals surface area contributed by atoms with Crippen molar-refractivity contribution in [2.45, 2.75) is 204 Å². The lowest BCUT2D eigenvalue weighted by Crippen LogP contribution is -2.67. The van der Waals surface area contributed by atoms with Crippen LogP contribution in [0.4, 0.5) is 0 Å². The van der Waals surface area contributed by atoms with Gasteiger partial charge in [-0.05, 0) is 76.2 Å². The Hall–Kier alpha value is -1.84. The van der Waals surface area contributed by atoms with Crippen LogP contribution < -0.4 is 0 Å². The van der Waals surface area contributed by atoms with E-state index in [9.17, 15) is 15.0 Å². The third kappa shape index (κ3) is 10.1. The van der Waals surface area contributed by atoms with Gasteiger partial charge in [0.25, 0.3) is 0 Å². The average Bonchev–Trinajstić information content (AvgIpc) is 3.65. The Labute approximate surface area is 418 Å². The van der Waals surface area contributed by atoms with E-state index in [0.717, 1.165) is 25.0 Å². The molecular formula is C53H78INO13. The van der Waals surface area contributed by atoms with E-state index in [0.29, 0.717) is 43.3 Å². The molecule has 8 rings (SSSR count). The number of carbonyl (C=O) groups is 1. The van der Waals surface area contributed by atoms with E-state index in [1.54, 1.807) is 33.3 Å². The van der Waals surface area contributed by atoms with Gasteiger partial charge in [0.2, 0.25) is 0 Å². The summed E-state index contributed by atoms with van der Waals surface area (Å²) >= 11 is 2.41. The molecule has 7 heterocycles. The van der Waals surface area contributed by atoms with E-state index in [1.807, 2.05) is 25.2 Å². The van der Waals surface area contributed by atoms with Gasteiger partial charge in [-0.1, -0.05) is 82.2 Å². The number of rotatable bonds is 8. The fraction of sp³-hybridized carbons (Fsp3) is 0.755. The van der Waals surface area contributed by atoms with Crippen LogP contribution in [0.1, 0.15) is 107 Å². The zero-order valence-corrected chi connectivity index (χ0v) is 44.2. The Morgan fingerprint density at radius 2 is 1.71 bits per heavy atom. The van der Waals surface area contributed by atoms with Crippen molar-refractivity contribution < 1.29 is 62.4 Å². The quantitative estimate of drug-likeness (QED) is 0.105. The van der Waals surface area contributed by atoms with E-state index < -0.39 is 72.5 Å². The second-order valence-electron chi connectivity index (χ2n) is 21.1. The van der Waals surface area contributed by atoms with Gasteiger partial charge in [-0.25, -0.2) is 3.11 Å². The molecule has 380 valence electrons. The lowest BCUT2D eigenvalue weighted by molar-refractivity contribution is -0.321.